The van der Waals surface area contributed by atoms with Crippen LogP contribution in [0, 0.1) is 11.8 Å². The summed E-state index contributed by atoms with van der Waals surface area (Å²) in [6, 6.07) is -0.557. The van der Waals surface area contributed by atoms with Crippen molar-refractivity contribution in [3.05, 3.63) is 0 Å². The molecule has 0 spiro atoms. The first-order valence-electron chi connectivity index (χ1n) is 7.36. The summed E-state index contributed by atoms with van der Waals surface area (Å²) in [6.07, 6.45) is 1.79. The number of aliphatic carboxylic acids is 1. The summed E-state index contributed by atoms with van der Waals surface area (Å²) in [6.45, 7) is 7.76. The molecule has 1 heterocycles. The highest BCUT2D eigenvalue weighted by Gasteiger charge is 2.39. The molecule has 1 aliphatic heterocycles. The maximum Gasteiger partial charge on any atom is 0.317 e. The molecular formula is C14H26N2O4. The molecule has 0 aromatic rings. The molecule has 3 unspecified atom stereocenters. The fourth-order valence-electron chi connectivity index (χ4n) is 2.25. The van der Waals surface area contributed by atoms with Gasteiger partial charge < -0.3 is 20.1 Å². The van der Waals surface area contributed by atoms with Crippen LogP contribution in [0.2, 0.25) is 0 Å². The summed E-state index contributed by atoms with van der Waals surface area (Å²) in [5.74, 6) is -1.11. The van der Waals surface area contributed by atoms with Crippen molar-refractivity contribution >= 4 is 12.0 Å². The van der Waals surface area contributed by atoms with Crippen molar-refractivity contribution in [2.45, 2.75) is 39.7 Å². The number of rotatable bonds is 7. The Morgan fingerprint density at radius 2 is 2.10 bits per heavy atom. The number of carboxylic acids is 1. The van der Waals surface area contributed by atoms with E-state index >= 15 is 0 Å². The first kappa shape index (κ1) is 16.8. The van der Waals surface area contributed by atoms with E-state index in [1.165, 1.54) is 0 Å². The van der Waals surface area contributed by atoms with Crippen molar-refractivity contribution < 1.29 is 19.4 Å². The molecule has 20 heavy (non-hydrogen) atoms. The van der Waals surface area contributed by atoms with E-state index < -0.39 is 11.9 Å². The van der Waals surface area contributed by atoms with E-state index in [9.17, 15) is 14.7 Å². The van der Waals surface area contributed by atoms with Crippen LogP contribution >= 0.6 is 0 Å². The summed E-state index contributed by atoms with van der Waals surface area (Å²) in [5, 5.41) is 12.1. The number of hydrogen-bond acceptors (Lipinski definition) is 3. The van der Waals surface area contributed by atoms with Crippen LogP contribution in [0.5, 0.6) is 0 Å². The van der Waals surface area contributed by atoms with Crippen molar-refractivity contribution in [3.63, 3.8) is 0 Å². The molecule has 0 bridgehead atoms. The molecule has 1 rings (SSSR count). The van der Waals surface area contributed by atoms with Crippen LogP contribution in [-0.4, -0.2) is 54.4 Å². The van der Waals surface area contributed by atoms with Gasteiger partial charge in [0, 0.05) is 13.1 Å². The minimum atomic E-state index is -0.900. The van der Waals surface area contributed by atoms with E-state index in [-0.39, 0.29) is 18.7 Å². The van der Waals surface area contributed by atoms with Gasteiger partial charge in [-0.2, -0.15) is 0 Å². The van der Waals surface area contributed by atoms with Crippen LogP contribution in [0.15, 0.2) is 0 Å². The van der Waals surface area contributed by atoms with Gasteiger partial charge in [-0.3, -0.25) is 4.79 Å². The van der Waals surface area contributed by atoms with Crippen LogP contribution < -0.4 is 5.32 Å². The Kier molecular flexibility index (Phi) is 6.78. The standard InChI is InChI=1S/C14H26N2O4/c1-4-6-16(14(19)15-7-10(3)5-2)12-9-20-8-11(12)13(17)18/h10-12H,4-9H2,1-3H3,(H,15,19)(H,17,18). The van der Waals surface area contributed by atoms with E-state index in [4.69, 9.17) is 4.74 Å². The molecule has 0 saturated carbocycles. The van der Waals surface area contributed by atoms with Crippen molar-refractivity contribution in [2.24, 2.45) is 11.8 Å². The van der Waals surface area contributed by atoms with Crippen LogP contribution in [-0.2, 0) is 9.53 Å². The molecule has 2 N–H and O–H groups in total. The van der Waals surface area contributed by atoms with E-state index in [0.29, 0.717) is 25.6 Å². The summed E-state index contributed by atoms with van der Waals surface area (Å²) in [5.41, 5.74) is 0. The van der Waals surface area contributed by atoms with Gasteiger partial charge >= 0.3 is 12.0 Å². The third kappa shape index (κ3) is 4.37. The summed E-state index contributed by atoms with van der Waals surface area (Å²) >= 11 is 0. The molecule has 0 aromatic heterocycles. The maximum absolute atomic E-state index is 12.3. The van der Waals surface area contributed by atoms with Crippen molar-refractivity contribution in [1.82, 2.24) is 10.2 Å². The van der Waals surface area contributed by atoms with Gasteiger partial charge in [0.15, 0.2) is 0 Å². The molecule has 3 atom stereocenters. The lowest BCUT2D eigenvalue weighted by molar-refractivity contribution is -0.142. The average Bonchev–Trinajstić information content (AvgIpc) is 2.90. The number of hydrogen-bond donors (Lipinski definition) is 2. The zero-order valence-electron chi connectivity index (χ0n) is 12.6. The number of urea groups is 1. The second kappa shape index (κ2) is 8.09. The molecule has 0 radical (unpaired) electrons. The predicted octanol–water partition coefficient (Wildman–Crippen LogP) is 1.55. The average molecular weight is 286 g/mol. The van der Waals surface area contributed by atoms with Crippen LogP contribution in [0.1, 0.15) is 33.6 Å². The Bertz CT molecular complexity index is 335. The fraction of sp³-hybridized carbons (Fsp3) is 0.857. The largest absolute Gasteiger partial charge is 0.481 e. The smallest absolute Gasteiger partial charge is 0.317 e. The SMILES string of the molecule is CCCN(C(=O)NCC(C)CC)C1COCC1C(=O)O. The van der Waals surface area contributed by atoms with Gasteiger partial charge in [0.25, 0.3) is 0 Å². The topological polar surface area (TPSA) is 78.9 Å². The second-order valence-electron chi connectivity index (χ2n) is 5.44. The number of carboxylic acid groups (broad SMARTS) is 1. The lowest BCUT2D eigenvalue weighted by atomic mass is 10.0. The van der Waals surface area contributed by atoms with Gasteiger partial charge in [0.05, 0.1) is 19.3 Å². The number of nitrogens with one attached hydrogen (secondary N) is 1. The second-order valence-corrected chi connectivity index (χ2v) is 5.44. The lowest BCUT2D eigenvalue weighted by Crippen LogP contribution is -2.51. The van der Waals surface area contributed by atoms with E-state index in [1.807, 2.05) is 6.92 Å². The predicted molar refractivity (Wildman–Crippen MR) is 75.6 cm³/mol. The van der Waals surface area contributed by atoms with Gasteiger partial charge in [0.2, 0.25) is 0 Å². The Morgan fingerprint density at radius 1 is 1.40 bits per heavy atom. The Hall–Kier alpha value is -1.30. The molecule has 2 amide bonds. The number of nitrogens with zero attached hydrogens (tertiary/aromatic N) is 1. The third-order valence-electron chi connectivity index (χ3n) is 3.79. The van der Waals surface area contributed by atoms with Gasteiger partial charge in [-0.05, 0) is 12.3 Å². The van der Waals surface area contributed by atoms with Gasteiger partial charge in [-0.1, -0.05) is 27.2 Å². The first-order chi connectivity index (χ1) is 9.51. The number of carbonyl (C=O) groups excluding carboxylic acids is 1. The molecule has 0 aliphatic carbocycles. The number of ether oxygens (including phenoxy) is 1. The van der Waals surface area contributed by atoms with Gasteiger partial charge in [-0.25, -0.2) is 4.79 Å². The monoisotopic (exact) mass is 286 g/mol. The summed E-state index contributed by atoms with van der Waals surface area (Å²) in [4.78, 5) is 25.1. The van der Waals surface area contributed by atoms with Crippen LogP contribution in [0.25, 0.3) is 0 Å². The lowest BCUT2D eigenvalue weighted by Gasteiger charge is -2.30. The molecule has 6 heteroatoms. The van der Waals surface area contributed by atoms with Crippen molar-refractivity contribution in [3.8, 4) is 0 Å². The Morgan fingerprint density at radius 3 is 2.65 bits per heavy atom. The third-order valence-corrected chi connectivity index (χ3v) is 3.79. The normalized spacial score (nSPS) is 23.4. The van der Waals surface area contributed by atoms with Crippen LogP contribution in [0.4, 0.5) is 4.79 Å². The zero-order valence-corrected chi connectivity index (χ0v) is 12.6. The molecular weight excluding hydrogens is 260 g/mol. The van der Waals surface area contributed by atoms with E-state index in [1.54, 1.807) is 4.90 Å². The molecule has 1 aliphatic rings. The maximum atomic E-state index is 12.3. The Balaban J connectivity index is 2.67. The highest BCUT2D eigenvalue weighted by atomic mass is 16.5. The van der Waals surface area contributed by atoms with Crippen LogP contribution in [0.3, 0.4) is 0 Å². The first-order valence-corrected chi connectivity index (χ1v) is 7.36. The summed E-state index contributed by atoms with van der Waals surface area (Å²) in [7, 11) is 0. The van der Waals surface area contributed by atoms with Gasteiger partial charge in [0.1, 0.15) is 5.92 Å². The Labute approximate surface area is 120 Å². The number of amides is 2. The number of carbonyl (C=O) groups is 2. The fourth-order valence-corrected chi connectivity index (χ4v) is 2.25. The molecule has 1 fully saturated rings. The van der Waals surface area contributed by atoms with Crippen molar-refractivity contribution in [1.29, 1.82) is 0 Å². The molecule has 0 aromatic carbocycles. The quantitative estimate of drug-likeness (QED) is 0.744. The van der Waals surface area contributed by atoms with E-state index in [0.717, 1.165) is 12.8 Å². The van der Waals surface area contributed by atoms with Crippen molar-refractivity contribution in [2.75, 3.05) is 26.3 Å². The van der Waals surface area contributed by atoms with Gasteiger partial charge in [-0.15, -0.1) is 0 Å². The molecule has 116 valence electrons. The minimum absolute atomic E-state index is 0.179. The minimum Gasteiger partial charge on any atom is -0.481 e. The molecule has 6 nitrogen and oxygen atoms in total. The van der Waals surface area contributed by atoms with E-state index in [2.05, 4.69) is 19.2 Å². The highest BCUT2D eigenvalue weighted by molar-refractivity contribution is 5.77. The summed E-state index contributed by atoms with van der Waals surface area (Å²) < 4.78 is 5.25. The molecule has 1 saturated heterocycles. The zero-order chi connectivity index (χ0) is 15.1. The highest BCUT2D eigenvalue weighted by Crippen LogP contribution is 2.20.